The number of primary amides is 1. The van der Waals surface area contributed by atoms with Gasteiger partial charge in [0.15, 0.2) is 23.1 Å². The Morgan fingerprint density at radius 2 is 1.88 bits per heavy atom. The van der Waals surface area contributed by atoms with Gasteiger partial charge < -0.3 is 30.2 Å². The lowest BCUT2D eigenvalue weighted by molar-refractivity contribution is 0.211. The molecule has 2 amide bonds. The molecule has 0 atom stereocenters. The summed E-state index contributed by atoms with van der Waals surface area (Å²) in [6.07, 6.45) is 3.84. The van der Waals surface area contributed by atoms with Crippen molar-refractivity contribution in [1.82, 2.24) is 15.2 Å². The number of hydrazone groups is 1. The molecule has 1 aromatic heterocycles. The molecular formula is C31H33FN6O4. The Bertz CT molecular complexity index is 1550. The summed E-state index contributed by atoms with van der Waals surface area (Å²) < 4.78 is 32.7. The number of aromatic nitrogens is 1. The van der Waals surface area contributed by atoms with Crippen molar-refractivity contribution in [3.05, 3.63) is 84.3 Å². The van der Waals surface area contributed by atoms with Gasteiger partial charge in [0.2, 0.25) is 0 Å². The number of hydrogen-bond donors (Lipinski definition) is 2. The molecule has 1 saturated heterocycles. The van der Waals surface area contributed by atoms with E-state index in [2.05, 4.69) is 20.3 Å². The van der Waals surface area contributed by atoms with Crippen LogP contribution in [0.4, 0.5) is 14.9 Å². The van der Waals surface area contributed by atoms with Crippen molar-refractivity contribution in [1.29, 1.82) is 0 Å². The minimum absolute atomic E-state index is 0.0154. The summed E-state index contributed by atoms with van der Waals surface area (Å²) in [6.45, 7) is 5.65. The highest BCUT2D eigenvalue weighted by molar-refractivity contribution is 5.93. The van der Waals surface area contributed by atoms with E-state index in [4.69, 9.17) is 19.9 Å². The Kier molecular flexibility index (Phi) is 9.42. The highest BCUT2D eigenvalue weighted by Gasteiger charge is 2.15. The predicted molar refractivity (Wildman–Crippen MR) is 160 cm³/mol. The van der Waals surface area contributed by atoms with E-state index in [1.54, 1.807) is 61.8 Å². The van der Waals surface area contributed by atoms with Crippen LogP contribution in [0.5, 0.6) is 23.0 Å². The lowest BCUT2D eigenvalue weighted by Gasteiger charge is -2.27. The summed E-state index contributed by atoms with van der Waals surface area (Å²) >= 11 is 0. The number of benzene rings is 3. The third-order valence-corrected chi connectivity index (χ3v) is 6.78. The molecule has 11 heteroatoms. The third kappa shape index (κ3) is 7.12. The van der Waals surface area contributed by atoms with E-state index in [1.165, 1.54) is 18.3 Å². The molecule has 0 radical (unpaired) electrons. The Morgan fingerprint density at radius 3 is 2.62 bits per heavy atom. The number of fused-ring (bicyclic) bond motifs is 1. The number of piperazine rings is 1. The number of urea groups is 1. The summed E-state index contributed by atoms with van der Waals surface area (Å²) in [7, 11) is 1.57. The molecule has 1 aliphatic rings. The van der Waals surface area contributed by atoms with Gasteiger partial charge in [0, 0.05) is 50.4 Å². The highest BCUT2D eigenvalue weighted by Crippen LogP contribution is 2.37. The number of nitrogens with zero attached hydrogens (tertiary/aromatic N) is 4. The Hall–Kier alpha value is -4.74. The SMILES string of the molecule is COc1cc2c(Oc3ccc(/C=N/N(C(N)=O)c4ccccc4)cc3F)ccnc2cc1OCCCN1CCNCC1. The van der Waals surface area contributed by atoms with Gasteiger partial charge in [-0.25, -0.2) is 9.18 Å². The molecule has 4 aromatic rings. The van der Waals surface area contributed by atoms with Crippen molar-refractivity contribution < 1.29 is 23.4 Å². The highest BCUT2D eigenvalue weighted by atomic mass is 19.1. The number of anilines is 1. The second-order valence-corrected chi connectivity index (χ2v) is 9.65. The first-order valence-corrected chi connectivity index (χ1v) is 13.7. The average Bonchev–Trinajstić information content (AvgIpc) is 3.01. The molecular weight excluding hydrogens is 539 g/mol. The number of halogens is 1. The molecule has 3 aromatic carbocycles. The normalized spacial score (nSPS) is 13.8. The topological polar surface area (TPSA) is 115 Å². The van der Waals surface area contributed by atoms with Gasteiger partial charge in [0.1, 0.15) is 5.75 Å². The van der Waals surface area contributed by atoms with Crippen LogP contribution < -0.4 is 30.3 Å². The van der Waals surface area contributed by atoms with Gasteiger partial charge in [-0.1, -0.05) is 18.2 Å². The van der Waals surface area contributed by atoms with Crippen molar-refractivity contribution in [2.75, 3.05) is 51.4 Å². The molecule has 2 heterocycles. The van der Waals surface area contributed by atoms with Crippen LogP contribution in [0.3, 0.4) is 0 Å². The maximum atomic E-state index is 15.1. The number of nitrogens with one attached hydrogen (secondary N) is 1. The van der Waals surface area contributed by atoms with Crippen LogP contribution in [-0.2, 0) is 0 Å². The van der Waals surface area contributed by atoms with Gasteiger partial charge in [0.05, 0.1) is 31.1 Å². The quantitative estimate of drug-likeness (QED) is 0.151. The minimum Gasteiger partial charge on any atom is -0.493 e. The molecule has 3 N–H and O–H groups in total. The molecule has 0 spiro atoms. The molecule has 42 heavy (non-hydrogen) atoms. The van der Waals surface area contributed by atoms with Crippen LogP contribution in [0.15, 0.2) is 78.0 Å². The largest absolute Gasteiger partial charge is 0.493 e. The van der Waals surface area contributed by atoms with E-state index in [-0.39, 0.29) is 5.75 Å². The minimum atomic E-state index is -0.762. The summed E-state index contributed by atoms with van der Waals surface area (Å²) in [5.41, 5.74) is 7.00. The number of pyridine rings is 1. The van der Waals surface area contributed by atoms with E-state index in [0.29, 0.717) is 46.0 Å². The molecule has 0 saturated carbocycles. The Morgan fingerprint density at radius 1 is 1.07 bits per heavy atom. The van der Waals surface area contributed by atoms with Gasteiger partial charge in [-0.15, -0.1) is 0 Å². The molecule has 10 nitrogen and oxygen atoms in total. The number of para-hydroxylation sites is 1. The van der Waals surface area contributed by atoms with Gasteiger partial charge in [-0.2, -0.15) is 10.1 Å². The fraction of sp³-hybridized carbons (Fsp3) is 0.258. The van der Waals surface area contributed by atoms with Gasteiger partial charge >= 0.3 is 6.03 Å². The van der Waals surface area contributed by atoms with Crippen LogP contribution in [-0.4, -0.2) is 68.6 Å². The molecule has 1 aliphatic heterocycles. The molecule has 218 valence electrons. The molecule has 5 rings (SSSR count). The number of carbonyl (C=O) groups excluding carboxylic acids is 1. The predicted octanol–water partition coefficient (Wildman–Crippen LogP) is 4.77. The van der Waals surface area contributed by atoms with Gasteiger partial charge in [-0.3, -0.25) is 4.98 Å². The van der Waals surface area contributed by atoms with Gasteiger partial charge in [0.25, 0.3) is 0 Å². The number of nitrogens with two attached hydrogens (primary N) is 1. The zero-order valence-electron chi connectivity index (χ0n) is 23.3. The number of rotatable bonds is 11. The number of methoxy groups -OCH3 is 1. The first-order valence-electron chi connectivity index (χ1n) is 13.7. The van der Waals surface area contributed by atoms with Crippen LogP contribution in [0, 0.1) is 5.82 Å². The summed E-state index contributed by atoms with van der Waals surface area (Å²) in [5, 5.41) is 9.16. The lowest BCUT2D eigenvalue weighted by atomic mass is 10.1. The molecule has 1 fully saturated rings. The number of amides is 2. The smallest absolute Gasteiger partial charge is 0.340 e. The lowest BCUT2D eigenvalue weighted by Crippen LogP contribution is -2.43. The van der Waals surface area contributed by atoms with Crippen molar-refractivity contribution in [2.24, 2.45) is 10.8 Å². The van der Waals surface area contributed by atoms with Gasteiger partial charge in [-0.05, 0) is 54.4 Å². The van der Waals surface area contributed by atoms with Crippen LogP contribution in [0.1, 0.15) is 12.0 Å². The van der Waals surface area contributed by atoms with Crippen molar-refractivity contribution in [3.63, 3.8) is 0 Å². The molecule has 0 bridgehead atoms. The van der Waals surface area contributed by atoms with E-state index in [9.17, 15) is 4.79 Å². The first-order chi connectivity index (χ1) is 20.5. The van der Waals surface area contributed by atoms with E-state index < -0.39 is 11.8 Å². The zero-order chi connectivity index (χ0) is 29.3. The number of hydrogen-bond acceptors (Lipinski definition) is 8. The molecule has 0 unspecified atom stereocenters. The van der Waals surface area contributed by atoms with Crippen molar-refractivity contribution in [3.8, 4) is 23.0 Å². The maximum Gasteiger partial charge on any atom is 0.340 e. The van der Waals surface area contributed by atoms with Crippen LogP contribution in [0.25, 0.3) is 10.9 Å². The maximum absolute atomic E-state index is 15.1. The molecule has 0 aliphatic carbocycles. The van der Waals surface area contributed by atoms with Crippen LogP contribution in [0.2, 0.25) is 0 Å². The van der Waals surface area contributed by atoms with E-state index in [1.807, 2.05) is 6.07 Å². The van der Waals surface area contributed by atoms with E-state index >= 15 is 4.39 Å². The first kappa shape index (κ1) is 28.8. The fourth-order valence-corrected chi connectivity index (χ4v) is 4.64. The van der Waals surface area contributed by atoms with Crippen molar-refractivity contribution in [2.45, 2.75) is 6.42 Å². The van der Waals surface area contributed by atoms with Crippen LogP contribution >= 0.6 is 0 Å². The zero-order valence-corrected chi connectivity index (χ0v) is 23.3. The number of carbonyl (C=O) groups is 1. The van der Waals surface area contributed by atoms with Crippen molar-refractivity contribution >= 4 is 28.8 Å². The second-order valence-electron chi connectivity index (χ2n) is 9.65. The Balaban J connectivity index is 1.28. The second kappa shape index (κ2) is 13.7. The monoisotopic (exact) mass is 572 g/mol. The third-order valence-electron chi connectivity index (χ3n) is 6.78. The van der Waals surface area contributed by atoms with E-state index in [0.717, 1.165) is 44.2 Å². The average molecular weight is 573 g/mol. The summed E-state index contributed by atoms with van der Waals surface area (Å²) in [4.78, 5) is 18.7. The summed E-state index contributed by atoms with van der Waals surface area (Å²) in [6, 6.07) is 17.6. The Labute approximate surface area is 243 Å². The summed E-state index contributed by atoms with van der Waals surface area (Å²) in [5.74, 6) is 0.942. The number of ether oxygens (including phenoxy) is 3. The fourth-order valence-electron chi connectivity index (χ4n) is 4.64. The standard InChI is InChI=1S/C31H33FN6O4/c1-40-29-19-24-26(20-30(29)41-17-5-14-37-15-12-34-13-16-37)35-11-10-27(24)42-28-9-8-22(18-25(28)32)21-36-38(31(33)39)23-6-3-2-4-7-23/h2-4,6-11,18-21,34H,5,12-17H2,1H3,(H2,33,39)/b36-21+.